The fourth-order valence-corrected chi connectivity index (χ4v) is 2.49. The zero-order chi connectivity index (χ0) is 18.4. The van der Waals surface area contributed by atoms with E-state index in [-0.39, 0.29) is 12.6 Å². The minimum Gasteiger partial charge on any atom is -0.497 e. The van der Waals surface area contributed by atoms with Crippen LogP contribution in [0, 0.1) is 5.41 Å². The van der Waals surface area contributed by atoms with Gasteiger partial charge in [0.25, 0.3) is 0 Å². The normalized spacial score (nSPS) is 10.2. The maximum Gasteiger partial charge on any atom is 0.327 e. The van der Waals surface area contributed by atoms with Crippen LogP contribution in [-0.4, -0.2) is 34.6 Å². The highest BCUT2D eigenvalue weighted by atomic mass is 16.5. The Hall–Kier alpha value is -3.61. The third kappa shape index (κ3) is 4.07. The molecular weight excluding hydrogens is 330 g/mol. The molecule has 3 rings (SSSR count). The number of amides is 2. The number of ether oxygens (including phenoxy) is 1. The SMILES string of the molecule is COc1cccc(CN(C=N)C(=O)Nc2ccc(-c3cn[nH]c3)cc2)c1. The predicted molar refractivity (Wildman–Crippen MR) is 100 cm³/mol. The van der Waals surface area contributed by atoms with Crippen LogP contribution in [0.1, 0.15) is 5.56 Å². The Morgan fingerprint density at radius 3 is 2.73 bits per heavy atom. The van der Waals surface area contributed by atoms with Crippen molar-refractivity contribution in [3.8, 4) is 16.9 Å². The molecule has 1 aromatic heterocycles. The molecule has 0 saturated heterocycles. The Balaban J connectivity index is 1.66. The second-order valence-electron chi connectivity index (χ2n) is 5.60. The minimum atomic E-state index is -0.376. The van der Waals surface area contributed by atoms with Crippen LogP contribution in [0.25, 0.3) is 11.1 Å². The third-order valence-electron chi connectivity index (χ3n) is 3.87. The molecule has 7 nitrogen and oxygen atoms in total. The van der Waals surface area contributed by atoms with E-state index in [1.165, 1.54) is 4.90 Å². The van der Waals surface area contributed by atoms with E-state index in [1.807, 2.05) is 48.5 Å². The van der Waals surface area contributed by atoms with Gasteiger partial charge in [-0.05, 0) is 35.4 Å². The van der Waals surface area contributed by atoms with Gasteiger partial charge in [0, 0.05) is 17.4 Å². The number of anilines is 1. The van der Waals surface area contributed by atoms with Crippen molar-refractivity contribution in [1.82, 2.24) is 15.1 Å². The Labute approximate surface area is 151 Å². The molecule has 132 valence electrons. The fraction of sp³-hybridized carbons (Fsp3) is 0.105. The lowest BCUT2D eigenvalue weighted by atomic mass is 10.1. The number of carbonyl (C=O) groups is 1. The van der Waals surface area contributed by atoms with Crippen molar-refractivity contribution in [2.24, 2.45) is 0 Å². The molecule has 0 unspecified atom stereocenters. The van der Waals surface area contributed by atoms with Gasteiger partial charge in [-0.25, -0.2) is 4.79 Å². The summed E-state index contributed by atoms with van der Waals surface area (Å²) in [7, 11) is 1.59. The van der Waals surface area contributed by atoms with Crippen LogP contribution in [0.3, 0.4) is 0 Å². The first-order valence-electron chi connectivity index (χ1n) is 8.00. The second kappa shape index (κ2) is 7.98. The summed E-state index contributed by atoms with van der Waals surface area (Å²) in [5, 5.41) is 17.0. The lowest BCUT2D eigenvalue weighted by Gasteiger charge is -2.18. The molecule has 0 aliphatic rings. The number of rotatable bonds is 6. The summed E-state index contributed by atoms with van der Waals surface area (Å²) in [6.45, 7) is 0.277. The van der Waals surface area contributed by atoms with Crippen molar-refractivity contribution in [3.05, 3.63) is 66.5 Å². The van der Waals surface area contributed by atoms with Gasteiger partial charge in [-0.1, -0.05) is 24.3 Å². The van der Waals surface area contributed by atoms with Crippen LogP contribution < -0.4 is 10.1 Å². The molecule has 0 aliphatic heterocycles. The number of aromatic amines is 1. The van der Waals surface area contributed by atoms with E-state index in [2.05, 4.69) is 15.5 Å². The number of hydrogen-bond donors (Lipinski definition) is 3. The van der Waals surface area contributed by atoms with Crippen molar-refractivity contribution in [2.75, 3.05) is 12.4 Å². The Morgan fingerprint density at radius 2 is 2.08 bits per heavy atom. The largest absolute Gasteiger partial charge is 0.497 e. The highest BCUT2D eigenvalue weighted by Gasteiger charge is 2.12. The summed E-state index contributed by atoms with van der Waals surface area (Å²) in [6, 6.07) is 14.5. The fourth-order valence-electron chi connectivity index (χ4n) is 2.49. The monoisotopic (exact) mass is 349 g/mol. The zero-order valence-corrected chi connectivity index (χ0v) is 14.3. The number of benzene rings is 2. The van der Waals surface area contributed by atoms with Gasteiger partial charge in [0.15, 0.2) is 0 Å². The van der Waals surface area contributed by atoms with Crippen molar-refractivity contribution < 1.29 is 9.53 Å². The number of aromatic nitrogens is 2. The first-order valence-corrected chi connectivity index (χ1v) is 8.00. The van der Waals surface area contributed by atoms with Crippen molar-refractivity contribution >= 4 is 18.1 Å². The van der Waals surface area contributed by atoms with E-state index >= 15 is 0 Å². The van der Waals surface area contributed by atoms with Gasteiger partial charge in [0.2, 0.25) is 0 Å². The summed E-state index contributed by atoms with van der Waals surface area (Å²) < 4.78 is 5.19. The lowest BCUT2D eigenvalue weighted by Crippen LogP contribution is -2.33. The number of carbonyl (C=O) groups excluding carboxylic acids is 1. The Kier molecular flexibility index (Phi) is 5.28. The van der Waals surface area contributed by atoms with Gasteiger partial charge in [0.1, 0.15) is 5.75 Å². The van der Waals surface area contributed by atoms with Crippen molar-refractivity contribution in [2.45, 2.75) is 6.54 Å². The highest BCUT2D eigenvalue weighted by molar-refractivity contribution is 5.96. The summed E-state index contributed by atoms with van der Waals surface area (Å²) in [5.41, 5.74) is 3.50. The van der Waals surface area contributed by atoms with Gasteiger partial charge in [-0.3, -0.25) is 15.4 Å². The van der Waals surface area contributed by atoms with Crippen LogP contribution in [0.5, 0.6) is 5.75 Å². The molecule has 3 N–H and O–H groups in total. The lowest BCUT2D eigenvalue weighted by molar-refractivity contribution is 0.233. The highest BCUT2D eigenvalue weighted by Crippen LogP contribution is 2.20. The summed E-state index contributed by atoms with van der Waals surface area (Å²) >= 11 is 0. The molecule has 0 spiro atoms. The molecule has 7 heteroatoms. The Bertz CT molecular complexity index is 875. The Morgan fingerprint density at radius 1 is 1.27 bits per heavy atom. The number of hydrogen-bond acceptors (Lipinski definition) is 4. The molecule has 0 atom stereocenters. The average molecular weight is 349 g/mol. The van der Waals surface area contributed by atoms with Crippen LogP contribution in [0.2, 0.25) is 0 Å². The topological polar surface area (TPSA) is 94.1 Å². The first-order chi connectivity index (χ1) is 12.7. The molecule has 0 aliphatic carbocycles. The third-order valence-corrected chi connectivity index (χ3v) is 3.87. The van der Waals surface area contributed by atoms with Gasteiger partial charge in [0.05, 0.1) is 26.2 Å². The molecule has 3 aromatic rings. The summed E-state index contributed by atoms with van der Waals surface area (Å²) in [5.74, 6) is 0.711. The van der Waals surface area contributed by atoms with E-state index in [0.717, 1.165) is 23.0 Å². The first kappa shape index (κ1) is 17.2. The molecule has 2 amide bonds. The van der Waals surface area contributed by atoms with Crippen molar-refractivity contribution in [1.29, 1.82) is 5.41 Å². The molecule has 0 fully saturated rings. The number of nitrogens with zero attached hydrogens (tertiary/aromatic N) is 2. The predicted octanol–water partition coefficient (Wildman–Crippen LogP) is 3.73. The van der Waals surface area contributed by atoms with Crippen LogP contribution in [0.4, 0.5) is 10.5 Å². The van der Waals surface area contributed by atoms with E-state index in [0.29, 0.717) is 11.4 Å². The van der Waals surface area contributed by atoms with E-state index in [4.69, 9.17) is 10.1 Å². The number of nitrogens with one attached hydrogen (secondary N) is 3. The molecule has 26 heavy (non-hydrogen) atoms. The van der Waals surface area contributed by atoms with Gasteiger partial charge >= 0.3 is 6.03 Å². The van der Waals surface area contributed by atoms with E-state index in [9.17, 15) is 4.79 Å². The molecular formula is C19H19N5O2. The molecule has 0 saturated carbocycles. The second-order valence-corrected chi connectivity index (χ2v) is 5.60. The smallest absolute Gasteiger partial charge is 0.327 e. The summed E-state index contributed by atoms with van der Waals surface area (Å²) in [6.07, 6.45) is 4.55. The minimum absolute atomic E-state index is 0.277. The molecule has 0 radical (unpaired) electrons. The molecule has 1 heterocycles. The zero-order valence-electron chi connectivity index (χ0n) is 14.3. The van der Waals surface area contributed by atoms with Gasteiger partial charge < -0.3 is 10.1 Å². The van der Waals surface area contributed by atoms with E-state index in [1.54, 1.807) is 19.5 Å². The van der Waals surface area contributed by atoms with Crippen LogP contribution in [0.15, 0.2) is 60.9 Å². The standard InChI is InChI=1S/C19H19N5O2/c1-26-18-4-2-3-14(9-18)12-24(13-20)19(25)23-17-7-5-15(6-8-17)16-10-21-22-11-16/h2-11,13,20H,12H2,1H3,(H,21,22)(H,23,25). The molecule has 2 aromatic carbocycles. The van der Waals surface area contributed by atoms with Gasteiger partial charge in [-0.15, -0.1) is 0 Å². The number of methoxy groups -OCH3 is 1. The van der Waals surface area contributed by atoms with Crippen LogP contribution in [-0.2, 0) is 6.54 Å². The van der Waals surface area contributed by atoms with Gasteiger partial charge in [-0.2, -0.15) is 5.10 Å². The quantitative estimate of drug-likeness (QED) is 0.467. The molecule has 0 bridgehead atoms. The number of urea groups is 1. The maximum atomic E-state index is 12.4. The van der Waals surface area contributed by atoms with E-state index < -0.39 is 0 Å². The maximum absolute atomic E-state index is 12.4. The number of H-pyrrole nitrogens is 1. The van der Waals surface area contributed by atoms with Crippen molar-refractivity contribution in [3.63, 3.8) is 0 Å². The summed E-state index contributed by atoms with van der Waals surface area (Å²) in [4.78, 5) is 13.7. The van der Waals surface area contributed by atoms with Crippen LogP contribution >= 0.6 is 0 Å². The average Bonchev–Trinajstić information content (AvgIpc) is 3.21.